The van der Waals surface area contributed by atoms with Crippen molar-refractivity contribution in [1.82, 2.24) is 19.8 Å². The summed E-state index contributed by atoms with van der Waals surface area (Å²) >= 11 is 0. The van der Waals surface area contributed by atoms with Gasteiger partial charge in [-0.05, 0) is 49.9 Å². The molecule has 0 saturated carbocycles. The molecule has 6 nitrogen and oxygen atoms in total. The molecule has 140 valence electrons. The van der Waals surface area contributed by atoms with Crippen molar-refractivity contribution in [3.05, 3.63) is 70.8 Å². The van der Waals surface area contributed by atoms with Gasteiger partial charge in [0.25, 0.3) is 11.5 Å². The van der Waals surface area contributed by atoms with Crippen LogP contribution in [0.3, 0.4) is 0 Å². The maximum Gasteiger partial charge on any atom is 0.265 e. The highest BCUT2D eigenvalue weighted by Gasteiger charge is 2.25. The van der Waals surface area contributed by atoms with Crippen molar-refractivity contribution in [2.75, 3.05) is 20.1 Å². The van der Waals surface area contributed by atoms with Crippen LogP contribution in [0.5, 0.6) is 0 Å². The highest BCUT2D eigenvalue weighted by atomic mass is 35.5. The van der Waals surface area contributed by atoms with Crippen LogP contribution in [-0.2, 0) is 0 Å². The van der Waals surface area contributed by atoms with Gasteiger partial charge in [0.1, 0.15) is 6.33 Å². The molecule has 1 saturated heterocycles. The van der Waals surface area contributed by atoms with E-state index >= 15 is 0 Å². The van der Waals surface area contributed by atoms with Gasteiger partial charge in [0.2, 0.25) is 0 Å². The molecule has 1 aliphatic rings. The summed E-state index contributed by atoms with van der Waals surface area (Å²) in [5.74, 6) is 0.0262. The van der Waals surface area contributed by atoms with Gasteiger partial charge in [-0.1, -0.05) is 12.1 Å². The molecular weight excluding hydrogens is 364 g/mol. The SMILES string of the molecule is CNC1CCN(C(=O)c2ccc(-n3cnc4ccccc4c3=O)cc2)C1.Cl. The van der Waals surface area contributed by atoms with Crippen LogP contribution in [0.4, 0.5) is 0 Å². The molecule has 3 aromatic rings. The monoisotopic (exact) mass is 384 g/mol. The van der Waals surface area contributed by atoms with Crippen molar-refractivity contribution < 1.29 is 4.79 Å². The number of carbonyl (C=O) groups is 1. The molecular formula is C20H21ClN4O2. The van der Waals surface area contributed by atoms with Crippen LogP contribution in [0.15, 0.2) is 59.7 Å². The van der Waals surface area contributed by atoms with Crippen molar-refractivity contribution in [3.8, 4) is 5.69 Å². The average molecular weight is 385 g/mol. The molecule has 1 fully saturated rings. The molecule has 0 spiro atoms. The molecule has 2 aromatic carbocycles. The van der Waals surface area contributed by atoms with E-state index < -0.39 is 0 Å². The highest BCUT2D eigenvalue weighted by Crippen LogP contribution is 2.16. The van der Waals surface area contributed by atoms with E-state index in [9.17, 15) is 9.59 Å². The number of rotatable bonds is 3. The van der Waals surface area contributed by atoms with Crippen LogP contribution in [0.25, 0.3) is 16.6 Å². The van der Waals surface area contributed by atoms with Gasteiger partial charge < -0.3 is 10.2 Å². The minimum Gasteiger partial charge on any atom is -0.337 e. The molecule has 27 heavy (non-hydrogen) atoms. The van der Waals surface area contributed by atoms with Crippen LogP contribution >= 0.6 is 12.4 Å². The summed E-state index contributed by atoms with van der Waals surface area (Å²) in [6.07, 6.45) is 2.50. The number of nitrogens with zero attached hydrogens (tertiary/aromatic N) is 3. The molecule has 7 heteroatoms. The lowest BCUT2D eigenvalue weighted by Gasteiger charge is -2.16. The quantitative estimate of drug-likeness (QED) is 0.752. The predicted molar refractivity (Wildman–Crippen MR) is 108 cm³/mol. The van der Waals surface area contributed by atoms with E-state index in [1.807, 2.05) is 30.1 Å². The third-order valence-corrected chi connectivity index (χ3v) is 4.94. The van der Waals surface area contributed by atoms with E-state index in [4.69, 9.17) is 0 Å². The van der Waals surface area contributed by atoms with Crippen LogP contribution in [0, 0.1) is 0 Å². The smallest absolute Gasteiger partial charge is 0.265 e. The second-order valence-corrected chi connectivity index (χ2v) is 6.51. The summed E-state index contributed by atoms with van der Waals surface area (Å²) in [4.78, 5) is 31.5. The number of aromatic nitrogens is 2. The molecule has 1 aliphatic heterocycles. The molecule has 1 atom stereocenters. The number of amides is 1. The van der Waals surface area contributed by atoms with Gasteiger partial charge in [-0.3, -0.25) is 14.2 Å². The number of halogens is 1. The van der Waals surface area contributed by atoms with Gasteiger partial charge in [-0.15, -0.1) is 12.4 Å². The Morgan fingerprint density at radius 3 is 2.59 bits per heavy atom. The first-order valence-electron chi connectivity index (χ1n) is 8.71. The molecule has 0 bridgehead atoms. The Morgan fingerprint density at radius 1 is 1.15 bits per heavy atom. The summed E-state index contributed by atoms with van der Waals surface area (Å²) in [6.45, 7) is 1.49. The van der Waals surface area contributed by atoms with Crippen LogP contribution in [-0.4, -0.2) is 46.5 Å². The number of para-hydroxylation sites is 1. The molecule has 2 heterocycles. The number of benzene rings is 2. The number of fused-ring (bicyclic) bond motifs is 1. The lowest BCUT2D eigenvalue weighted by Crippen LogP contribution is -2.33. The van der Waals surface area contributed by atoms with Crippen LogP contribution in [0.2, 0.25) is 0 Å². The fraction of sp³-hybridized carbons (Fsp3) is 0.250. The lowest BCUT2D eigenvalue weighted by atomic mass is 10.1. The Balaban J connectivity index is 0.00000210. The predicted octanol–water partition coefficient (Wildman–Crippen LogP) is 2.24. The first kappa shape index (κ1) is 19.1. The molecule has 0 radical (unpaired) electrons. The lowest BCUT2D eigenvalue weighted by molar-refractivity contribution is 0.0789. The van der Waals surface area contributed by atoms with Crippen molar-refractivity contribution in [2.24, 2.45) is 0 Å². The number of hydrogen-bond acceptors (Lipinski definition) is 4. The third-order valence-electron chi connectivity index (χ3n) is 4.94. The fourth-order valence-electron chi connectivity index (χ4n) is 3.38. The van der Waals surface area contributed by atoms with Gasteiger partial charge >= 0.3 is 0 Å². The van der Waals surface area contributed by atoms with Gasteiger partial charge in [0.05, 0.1) is 16.6 Å². The molecule has 1 amide bonds. The van der Waals surface area contributed by atoms with E-state index in [1.54, 1.807) is 30.3 Å². The third kappa shape index (κ3) is 3.59. The number of carbonyl (C=O) groups excluding carboxylic acids is 1. The standard InChI is InChI=1S/C20H20N4O2.ClH/c1-21-15-10-11-23(12-15)19(25)14-6-8-16(9-7-14)24-13-22-18-5-3-2-4-17(18)20(24)26;/h2-9,13,15,21H,10-12H2,1H3;1H. The number of likely N-dealkylation sites (N-methyl/N-ethyl adjacent to an activating group) is 1. The molecule has 1 N–H and O–H groups in total. The summed E-state index contributed by atoms with van der Waals surface area (Å²) < 4.78 is 1.50. The van der Waals surface area contributed by atoms with Crippen molar-refractivity contribution in [2.45, 2.75) is 12.5 Å². The van der Waals surface area contributed by atoms with Gasteiger partial charge in [-0.25, -0.2) is 4.98 Å². The molecule has 4 rings (SSSR count). The average Bonchev–Trinajstić information content (AvgIpc) is 3.17. The van der Waals surface area contributed by atoms with E-state index in [0.717, 1.165) is 19.5 Å². The second kappa shape index (κ2) is 7.90. The van der Waals surface area contributed by atoms with E-state index in [-0.39, 0.29) is 23.9 Å². The minimum atomic E-state index is -0.119. The van der Waals surface area contributed by atoms with E-state index in [2.05, 4.69) is 10.3 Å². The molecule has 1 unspecified atom stereocenters. The van der Waals surface area contributed by atoms with Gasteiger partial charge in [-0.2, -0.15) is 0 Å². The van der Waals surface area contributed by atoms with Gasteiger partial charge in [0, 0.05) is 24.7 Å². The zero-order valence-corrected chi connectivity index (χ0v) is 15.8. The Bertz CT molecular complexity index is 1020. The topological polar surface area (TPSA) is 67.2 Å². The number of hydrogen-bond donors (Lipinski definition) is 1. The summed E-state index contributed by atoms with van der Waals surface area (Å²) in [7, 11) is 1.92. The largest absolute Gasteiger partial charge is 0.337 e. The van der Waals surface area contributed by atoms with Crippen LogP contribution in [0.1, 0.15) is 16.8 Å². The summed E-state index contributed by atoms with van der Waals surface area (Å²) in [6, 6.07) is 14.7. The Morgan fingerprint density at radius 2 is 1.89 bits per heavy atom. The van der Waals surface area contributed by atoms with E-state index in [0.29, 0.717) is 28.2 Å². The Labute approximate surface area is 163 Å². The Kier molecular flexibility index (Phi) is 5.58. The first-order valence-corrected chi connectivity index (χ1v) is 8.71. The zero-order valence-electron chi connectivity index (χ0n) is 15.0. The van der Waals surface area contributed by atoms with Crippen LogP contribution < -0.4 is 10.9 Å². The first-order chi connectivity index (χ1) is 12.7. The normalized spacial score (nSPS) is 16.3. The number of likely N-dealkylation sites (tertiary alicyclic amines) is 1. The Hall–Kier alpha value is -2.70. The second-order valence-electron chi connectivity index (χ2n) is 6.51. The van der Waals surface area contributed by atoms with Crippen molar-refractivity contribution >= 4 is 29.2 Å². The van der Waals surface area contributed by atoms with Gasteiger partial charge in [0.15, 0.2) is 0 Å². The van der Waals surface area contributed by atoms with E-state index in [1.165, 1.54) is 10.9 Å². The maximum absolute atomic E-state index is 12.7. The summed E-state index contributed by atoms with van der Waals surface area (Å²) in [5, 5.41) is 3.79. The molecule has 0 aliphatic carbocycles. The van der Waals surface area contributed by atoms with Crippen molar-refractivity contribution in [3.63, 3.8) is 0 Å². The fourth-order valence-corrected chi connectivity index (χ4v) is 3.38. The van der Waals surface area contributed by atoms with Crippen molar-refractivity contribution in [1.29, 1.82) is 0 Å². The highest BCUT2D eigenvalue weighted by molar-refractivity contribution is 5.94. The minimum absolute atomic E-state index is 0. The maximum atomic E-state index is 12.7. The zero-order chi connectivity index (χ0) is 18.1. The molecule has 1 aromatic heterocycles. The number of nitrogens with one attached hydrogen (secondary N) is 1. The summed E-state index contributed by atoms with van der Waals surface area (Å²) in [5.41, 5.74) is 1.88.